The average Bonchev–Trinajstić information content (AvgIpc) is 2.60. The number of benzene rings is 1. The van der Waals surface area contributed by atoms with Gasteiger partial charge in [0.05, 0.1) is 0 Å². The third-order valence-electron chi connectivity index (χ3n) is 4.40. The Morgan fingerprint density at radius 3 is 2.08 bits per heavy atom. The highest BCUT2D eigenvalue weighted by atomic mass is 15.1. The molecule has 26 heavy (non-hydrogen) atoms. The van der Waals surface area contributed by atoms with Crippen LogP contribution in [-0.2, 0) is 0 Å². The smallest absolute Gasteiger partial charge is 0.0166 e. The van der Waals surface area contributed by atoms with E-state index in [4.69, 9.17) is 0 Å². The Labute approximate surface area is 161 Å². The molecular weight excluding hydrogens is 314 g/mol. The van der Waals surface area contributed by atoms with Gasteiger partial charge in [0.2, 0.25) is 0 Å². The van der Waals surface area contributed by atoms with Crippen LogP contribution in [0.4, 0.5) is 0 Å². The fraction of sp³-hybridized carbons (Fsp3) is 0.440. The lowest BCUT2D eigenvalue weighted by molar-refractivity contribution is 0.412. The summed E-state index contributed by atoms with van der Waals surface area (Å²) < 4.78 is 0. The van der Waals surface area contributed by atoms with Gasteiger partial charge in [-0.05, 0) is 66.0 Å². The largest absolute Gasteiger partial charge is 0.299 e. The van der Waals surface area contributed by atoms with Gasteiger partial charge < -0.3 is 0 Å². The maximum absolute atomic E-state index is 2.41. The van der Waals surface area contributed by atoms with Gasteiger partial charge in [0, 0.05) is 13.1 Å². The molecule has 1 heteroatoms. The zero-order chi connectivity index (χ0) is 19.2. The molecule has 1 aromatic rings. The van der Waals surface area contributed by atoms with Gasteiger partial charge in [0.25, 0.3) is 0 Å². The molecule has 0 bridgehead atoms. The van der Waals surface area contributed by atoms with Crippen molar-refractivity contribution in [1.29, 1.82) is 0 Å². The quantitative estimate of drug-likeness (QED) is 0.386. The first kappa shape index (κ1) is 22.2. The molecule has 142 valence electrons. The van der Waals surface area contributed by atoms with Crippen LogP contribution in [0.3, 0.4) is 0 Å². The first-order valence-corrected chi connectivity index (χ1v) is 9.82. The molecule has 0 saturated heterocycles. The second-order valence-corrected chi connectivity index (χ2v) is 7.49. The third kappa shape index (κ3) is 11.7. The number of nitrogens with zero attached hydrogens (tertiary/aromatic N) is 1. The van der Waals surface area contributed by atoms with Crippen LogP contribution in [0.2, 0.25) is 0 Å². The summed E-state index contributed by atoms with van der Waals surface area (Å²) >= 11 is 0. The normalized spacial score (nSPS) is 12.8. The van der Waals surface area contributed by atoms with Crippen molar-refractivity contribution in [3.05, 3.63) is 76.9 Å². The van der Waals surface area contributed by atoms with Crippen molar-refractivity contribution in [2.75, 3.05) is 20.1 Å². The van der Waals surface area contributed by atoms with E-state index in [-0.39, 0.29) is 0 Å². The fourth-order valence-electron chi connectivity index (χ4n) is 2.66. The van der Waals surface area contributed by atoms with Gasteiger partial charge in [-0.3, -0.25) is 4.90 Å². The number of hydrogen-bond acceptors (Lipinski definition) is 1. The van der Waals surface area contributed by atoms with Crippen LogP contribution in [0.15, 0.2) is 71.4 Å². The Morgan fingerprint density at radius 1 is 0.808 bits per heavy atom. The van der Waals surface area contributed by atoms with Gasteiger partial charge in [-0.2, -0.15) is 0 Å². The predicted octanol–water partition coefficient (Wildman–Crippen LogP) is 7.05. The Hall–Kier alpha value is -1.86. The number of hydrogen-bond donors (Lipinski definition) is 0. The molecule has 0 unspecified atom stereocenters. The maximum atomic E-state index is 2.41. The second-order valence-electron chi connectivity index (χ2n) is 7.49. The monoisotopic (exact) mass is 351 g/mol. The van der Waals surface area contributed by atoms with Crippen molar-refractivity contribution < 1.29 is 0 Å². The van der Waals surface area contributed by atoms with Crippen LogP contribution in [0.5, 0.6) is 0 Å². The van der Waals surface area contributed by atoms with E-state index in [0.29, 0.717) is 0 Å². The summed E-state index contributed by atoms with van der Waals surface area (Å²) in [5, 5.41) is 0. The van der Waals surface area contributed by atoms with Gasteiger partial charge in [0.15, 0.2) is 0 Å². The molecule has 1 aromatic carbocycles. The minimum Gasteiger partial charge on any atom is -0.299 e. The van der Waals surface area contributed by atoms with Crippen molar-refractivity contribution in [3.8, 4) is 0 Å². The van der Waals surface area contributed by atoms with E-state index in [9.17, 15) is 0 Å². The zero-order valence-corrected chi connectivity index (χ0v) is 17.5. The third-order valence-corrected chi connectivity index (χ3v) is 4.40. The van der Waals surface area contributed by atoms with Crippen LogP contribution >= 0.6 is 0 Å². The summed E-state index contributed by atoms with van der Waals surface area (Å²) in [7, 11) is 2.17. The SMILES string of the molecule is CC(C)=CCC/C(C)=C/CC/C(C)=C/CN(C)C/C=C/c1ccccc1. The van der Waals surface area contributed by atoms with Crippen molar-refractivity contribution in [2.24, 2.45) is 0 Å². The van der Waals surface area contributed by atoms with E-state index in [1.54, 1.807) is 0 Å². The highest BCUT2D eigenvalue weighted by Crippen LogP contribution is 2.11. The molecule has 0 aliphatic rings. The molecule has 0 aromatic heterocycles. The molecule has 0 saturated carbocycles. The van der Waals surface area contributed by atoms with Crippen LogP contribution < -0.4 is 0 Å². The molecule has 0 radical (unpaired) electrons. The lowest BCUT2D eigenvalue weighted by Crippen LogP contribution is -2.18. The molecule has 0 aliphatic heterocycles. The van der Waals surface area contributed by atoms with E-state index in [2.05, 4.69) is 100 Å². The van der Waals surface area contributed by atoms with Gasteiger partial charge in [-0.25, -0.2) is 0 Å². The molecule has 1 nitrogen and oxygen atoms in total. The lowest BCUT2D eigenvalue weighted by atomic mass is 10.1. The van der Waals surface area contributed by atoms with Gasteiger partial charge in [-0.15, -0.1) is 0 Å². The summed E-state index contributed by atoms with van der Waals surface area (Å²) in [6, 6.07) is 10.5. The molecule has 0 fully saturated rings. The highest BCUT2D eigenvalue weighted by molar-refractivity contribution is 5.48. The Balaban J connectivity index is 2.25. The molecule has 0 atom stereocenters. The van der Waals surface area contributed by atoms with Crippen LogP contribution in [0, 0.1) is 0 Å². The molecule has 0 aliphatic carbocycles. The second kappa shape index (κ2) is 13.4. The van der Waals surface area contributed by atoms with E-state index >= 15 is 0 Å². The topological polar surface area (TPSA) is 3.24 Å². The first-order chi connectivity index (χ1) is 12.5. The summed E-state index contributed by atoms with van der Waals surface area (Å²) in [5.74, 6) is 0. The number of allylic oxidation sites excluding steroid dienone is 5. The lowest BCUT2D eigenvalue weighted by Gasteiger charge is -2.12. The van der Waals surface area contributed by atoms with Gasteiger partial charge in [0.1, 0.15) is 0 Å². The van der Waals surface area contributed by atoms with E-state index < -0.39 is 0 Å². The van der Waals surface area contributed by atoms with Gasteiger partial charge >= 0.3 is 0 Å². The van der Waals surface area contributed by atoms with Crippen molar-refractivity contribution in [2.45, 2.75) is 53.4 Å². The summed E-state index contributed by atoms with van der Waals surface area (Å²) in [6.45, 7) is 10.8. The van der Waals surface area contributed by atoms with Crippen LogP contribution in [0.25, 0.3) is 6.08 Å². The molecular formula is C25H37N. The van der Waals surface area contributed by atoms with Gasteiger partial charge in [-0.1, -0.05) is 77.4 Å². The zero-order valence-electron chi connectivity index (χ0n) is 17.5. The Morgan fingerprint density at radius 2 is 1.42 bits per heavy atom. The molecule has 1 rings (SSSR count). The van der Waals surface area contributed by atoms with Crippen molar-refractivity contribution in [1.82, 2.24) is 4.90 Å². The Bertz CT molecular complexity index is 613. The molecule has 0 heterocycles. The van der Waals surface area contributed by atoms with Crippen LogP contribution in [0.1, 0.15) is 58.9 Å². The average molecular weight is 352 g/mol. The standard InChI is InChI=1S/C25H37N/c1-22(2)12-9-13-23(3)14-10-15-24(4)19-21-26(5)20-11-18-25-16-7-6-8-17-25/h6-8,11-12,14,16-19H,9-10,13,15,20-21H2,1-5H3/b18-11+,23-14+,24-19+. The van der Waals surface area contributed by atoms with Crippen molar-refractivity contribution >= 4 is 6.08 Å². The van der Waals surface area contributed by atoms with Crippen molar-refractivity contribution in [3.63, 3.8) is 0 Å². The fourth-order valence-corrected chi connectivity index (χ4v) is 2.66. The molecule has 0 N–H and O–H groups in total. The molecule has 0 spiro atoms. The van der Waals surface area contributed by atoms with E-state index in [0.717, 1.165) is 25.9 Å². The predicted molar refractivity (Wildman–Crippen MR) is 118 cm³/mol. The maximum Gasteiger partial charge on any atom is 0.0166 e. The highest BCUT2D eigenvalue weighted by Gasteiger charge is 1.95. The summed E-state index contributed by atoms with van der Waals surface area (Å²) in [4.78, 5) is 2.34. The molecule has 0 amide bonds. The van der Waals surface area contributed by atoms with E-state index in [1.165, 1.54) is 35.1 Å². The number of likely N-dealkylation sites (N-methyl/N-ethyl adjacent to an activating group) is 1. The Kier molecular flexibility index (Phi) is 11.4. The van der Waals surface area contributed by atoms with Crippen LogP contribution in [-0.4, -0.2) is 25.0 Å². The minimum atomic E-state index is 0.974. The number of rotatable bonds is 11. The summed E-state index contributed by atoms with van der Waals surface area (Å²) in [5.41, 5.74) is 5.68. The van der Waals surface area contributed by atoms with E-state index in [1.807, 2.05) is 0 Å². The minimum absolute atomic E-state index is 0.974. The summed E-state index contributed by atoms with van der Waals surface area (Å²) in [6.07, 6.45) is 16.2. The first-order valence-electron chi connectivity index (χ1n) is 9.82.